The first kappa shape index (κ1) is 20.2. The number of nitrogens with two attached hydrogens (primary N) is 3. The standard InChI is InChI=1S/C16H20ClN7O3/c17-12-14(19)23-13(18)11(22-12)15(25)24-16(20)21-8-2-1-3-9-4-6-10(27-26)7-5-9/h4-7,26H,1-3,8H2,(H4,18,19,23)(H3,20,21,24,25). The molecule has 0 fully saturated rings. The van der Waals surface area contributed by atoms with Gasteiger partial charge in [-0.05, 0) is 37.0 Å². The number of benzene rings is 1. The molecule has 1 heterocycles. The second kappa shape index (κ2) is 9.55. The third kappa shape index (κ3) is 5.97. The number of aryl methyl sites for hydroxylation is 1. The first-order chi connectivity index (χ1) is 12.9. The molecule has 2 rings (SSSR count). The average molecular weight is 394 g/mol. The van der Waals surface area contributed by atoms with Crippen LogP contribution in [0, 0.1) is 0 Å². The van der Waals surface area contributed by atoms with Crippen molar-refractivity contribution in [2.24, 2.45) is 10.7 Å². The van der Waals surface area contributed by atoms with Crippen LogP contribution in [-0.2, 0) is 6.42 Å². The Morgan fingerprint density at radius 3 is 2.56 bits per heavy atom. The molecule has 11 heteroatoms. The van der Waals surface area contributed by atoms with Crippen molar-refractivity contribution in [3.05, 3.63) is 40.7 Å². The molecule has 1 amide bonds. The lowest BCUT2D eigenvalue weighted by atomic mass is 10.1. The minimum atomic E-state index is -0.672. The number of carbonyl (C=O) groups is 1. The molecule has 0 saturated heterocycles. The van der Waals surface area contributed by atoms with Gasteiger partial charge in [0.2, 0.25) is 0 Å². The number of aliphatic imine (C=N–C) groups is 1. The molecule has 0 unspecified atom stereocenters. The molecule has 0 atom stereocenters. The van der Waals surface area contributed by atoms with E-state index in [1.165, 1.54) is 0 Å². The summed E-state index contributed by atoms with van der Waals surface area (Å²) >= 11 is 5.74. The van der Waals surface area contributed by atoms with Gasteiger partial charge in [-0.25, -0.2) is 15.2 Å². The van der Waals surface area contributed by atoms with Crippen LogP contribution in [0.1, 0.15) is 28.9 Å². The number of halogens is 1. The molecule has 0 saturated carbocycles. The van der Waals surface area contributed by atoms with Gasteiger partial charge in [-0.15, -0.1) is 0 Å². The number of hydrogen-bond donors (Lipinski definition) is 5. The van der Waals surface area contributed by atoms with Crippen molar-refractivity contribution in [3.63, 3.8) is 0 Å². The normalized spacial score (nSPS) is 11.3. The number of unbranched alkanes of at least 4 members (excludes halogenated alkanes) is 1. The van der Waals surface area contributed by atoms with Crippen LogP contribution in [0.4, 0.5) is 11.6 Å². The molecule has 8 N–H and O–H groups in total. The zero-order chi connectivity index (χ0) is 19.8. The summed E-state index contributed by atoms with van der Waals surface area (Å²) in [6, 6.07) is 7.09. The summed E-state index contributed by atoms with van der Waals surface area (Å²) in [6.07, 6.45) is 2.48. The van der Waals surface area contributed by atoms with E-state index in [0.29, 0.717) is 12.3 Å². The van der Waals surface area contributed by atoms with Crippen LogP contribution in [0.25, 0.3) is 0 Å². The second-order valence-corrected chi connectivity index (χ2v) is 5.90. The second-order valence-electron chi connectivity index (χ2n) is 5.55. The van der Waals surface area contributed by atoms with E-state index in [4.69, 9.17) is 34.1 Å². The predicted molar refractivity (Wildman–Crippen MR) is 102 cm³/mol. The lowest BCUT2D eigenvalue weighted by molar-refractivity contribution is -0.137. The van der Waals surface area contributed by atoms with Gasteiger partial charge < -0.3 is 22.1 Å². The van der Waals surface area contributed by atoms with Crippen LogP contribution < -0.4 is 27.4 Å². The van der Waals surface area contributed by atoms with Crippen LogP contribution in [0.5, 0.6) is 5.75 Å². The molecule has 0 aliphatic carbocycles. The fourth-order valence-electron chi connectivity index (χ4n) is 2.18. The number of anilines is 2. The van der Waals surface area contributed by atoms with Gasteiger partial charge in [-0.2, -0.15) is 0 Å². The highest BCUT2D eigenvalue weighted by atomic mass is 35.5. The number of amides is 1. The van der Waals surface area contributed by atoms with Crippen molar-refractivity contribution >= 4 is 35.1 Å². The number of nitrogen functional groups attached to an aromatic ring is 2. The maximum absolute atomic E-state index is 12.1. The SMILES string of the molecule is NC(=NCCCCc1ccc(OO)cc1)NC(=O)c1nc(Cl)c(N)nc1N. The van der Waals surface area contributed by atoms with Crippen LogP contribution in [0.3, 0.4) is 0 Å². The Kier molecular flexibility index (Phi) is 7.15. The summed E-state index contributed by atoms with van der Waals surface area (Å²) < 4.78 is 0. The Morgan fingerprint density at radius 1 is 1.19 bits per heavy atom. The Labute approximate surface area is 160 Å². The summed E-state index contributed by atoms with van der Waals surface area (Å²) in [6.45, 7) is 0.438. The number of hydrogen-bond acceptors (Lipinski definition) is 8. The van der Waals surface area contributed by atoms with Gasteiger partial charge in [0.05, 0.1) is 0 Å². The monoisotopic (exact) mass is 393 g/mol. The fourth-order valence-corrected chi connectivity index (χ4v) is 2.31. The molecule has 10 nitrogen and oxygen atoms in total. The summed E-state index contributed by atoms with van der Waals surface area (Å²) in [5, 5.41) is 10.8. The first-order valence-electron chi connectivity index (χ1n) is 8.01. The summed E-state index contributed by atoms with van der Waals surface area (Å²) in [5.41, 5.74) is 17.7. The average Bonchev–Trinajstić information content (AvgIpc) is 2.64. The molecule has 1 aromatic carbocycles. The zero-order valence-electron chi connectivity index (χ0n) is 14.4. The van der Waals surface area contributed by atoms with Gasteiger partial charge in [0.15, 0.2) is 34.2 Å². The highest BCUT2D eigenvalue weighted by Crippen LogP contribution is 2.17. The van der Waals surface area contributed by atoms with E-state index in [1.54, 1.807) is 12.1 Å². The lowest BCUT2D eigenvalue weighted by Gasteiger charge is -2.07. The highest BCUT2D eigenvalue weighted by Gasteiger charge is 2.16. The molecular formula is C16H20ClN7O3. The van der Waals surface area contributed by atoms with Gasteiger partial charge in [0.1, 0.15) is 0 Å². The van der Waals surface area contributed by atoms with Crippen LogP contribution in [-0.4, -0.2) is 33.6 Å². The van der Waals surface area contributed by atoms with E-state index < -0.39 is 5.91 Å². The van der Waals surface area contributed by atoms with E-state index in [1.807, 2.05) is 12.1 Å². The number of guanidine groups is 1. The first-order valence-corrected chi connectivity index (χ1v) is 8.38. The molecule has 144 valence electrons. The minimum absolute atomic E-state index is 0.0569. The topological polar surface area (TPSA) is 175 Å². The van der Waals surface area contributed by atoms with Crippen molar-refractivity contribution in [2.75, 3.05) is 18.0 Å². The van der Waals surface area contributed by atoms with Gasteiger partial charge in [-0.1, -0.05) is 23.7 Å². The molecule has 0 radical (unpaired) electrons. The van der Waals surface area contributed by atoms with Crippen LogP contribution >= 0.6 is 11.6 Å². The molecule has 27 heavy (non-hydrogen) atoms. The molecule has 0 spiro atoms. The van der Waals surface area contributed by atoms with Gasteiger partial charge in [0, 0.05) is 6.54 Å². The number of aromatic nitrogens is 2. The van der Waals surface area contributed by atoms with Crippen molar-refractivity contribution in [1.29, 1.82) is 0 Å². The van der Waals surface area contributed by atoms with Gasteiger partial charge in [-0.3, -0.25) is 15.1 Å². The van der Waals surface area contributed by atoms with Gasteiger partial charge >= 0.3 is 0 Å². The summed E-state index contributed by atoms with van der Waals surface area (Å²) in [7, 11) is 0. The Morgan fingerprint density at radius 2 is 1.89 bits per heavy atom. The summed E-state index contributed by atoms with van der Waals surface area (Å²) in [5.74, 6) is -0.557. The van der Waals surface area contributed by atoms with Crippen molar-refractivity contribution in [2.45, 2.75) is 19.3 Å². The van der Waals surface area contributed by atoms with Gasteiger partial charge in [0.25, 0.3) is 5.91 Å². The molecule has 1 aromatic heterocycles. The van der Waals surface area contributed by atoms with Crippen molar-refractivity contribution < 1.29 is 14.9 Å². The van der Waals surface area contributed by atoms with Crippen LogP contribution in [0.2, 0.25) is 5.15 Å². The smallest absolute Gasteiger partial charge is 0.280 e. The zero-order valence-corrected chi connectivity index (χ0v) is 15.1. The highest BCUT2D eigenvalue weighted by molar-refractivity contribution is 6.31. The van der Waals surface area contributed by atoms with E-state index in [-0.39, 0.29) is 28.4 Å². The molecule has 2 aromatic rings. The number of nitrogens with one attached hydrogen (secondary N) is 1. The third-order valence-corrected chi connectivity index (χ3v) is 3.82. The summed E-state index contributed by atoms with van der Waals surface area (Å²) in [4.78, 5) is 27.8. The maximum atomic E-state index is 12.1. The Hall–Kier alpha value is -3.11. The Balaban J connectivity index is 1.78. The quantitative estimate of drug-likeness (QED) is 0.153. The van der Waals surface area contributed by atoms with E-state index >= 15 is 0 Å². The van der Waals surface area contributed by atoms with E-state index in [2.05, 4.69) is 25.2 Å². The Bertz CT molecular complexity index is 828. The maximum Gasteiger partial charge on any atom is 0.280 e. The molecule has 0 aliphatic rings. The molecular weight excluding hydrogens is 374 g/mol. The minimum Gasteiger partial charge on any atom is -0.382 e. The lowest BCUT2D eigenvalue weighted by Crippen LogP contribution is -2.38. The largest absolute Gasteiger partial charge is 0.382 e. The van der Waals surface area contributed by atoms with E-state index in [0.717, 1.165) is 24.8 Å². The number of carbonyl (C=O) groups excluding carboxylic acids is 1. The number of nitrogens with zero attached hydrogens (tertiary/aromatic N) is 3. The van der Waals surface area contributed by atoms with Crippen molar-refractivity contribution in [3.8, 4) is 5.75 Å². The molecule has 0 aliphatic heterocycles. The van der Waals surface area contributed by atoms with Crippen LogP contribution in [0.15, 0.2) is 29.3 Å². The fraction of sp³-hybridized carbons (Fsp3) is 0.250. The molecule has 0 bridgehead atoms. The number of rotatable bonds is 7. The van der Waals surface area contributed by atoms with E-state index in [9.17, 15) is 4.79 Å². The van der Waals surface area contributed by atoms with Crippen molar-refractivity contribution in [1.82, 2.24) is 15.3 Å². The third-order valence-electron chi connectivity index (χ3n) is 3.55. The predicted octanol–water partition coefficient (Wildman–Crippen LogP) is 1.21.